The van der Waals surface area contributed by atoms with Gasteiger partial charge in [-0.05, 0) is 32.1 Å². The Labute approximate surface area is 114 Å². The summed E-state index contributed by atoms with van der Waals surface area (Å²) in [6.07, 6.45) is -0.436. The number of thiocarbonyl (C=S) groups is 1. The fourth-order valence-electron chi connectivity index (χ4n) is 1.18. The van der Waals surface area contributed by atoms with E-state index in [4.69, 9.17) is 21.5 Å². The molecule has 0 aromatic carbocycles. The lowest BCUT2D eigenvalue weighted by molar-refractivity contribution is -0.141. The molecule has 1 heterocycles. The van der Waals surface area contributed by atoms with Crippen molar-refractivity contribution in [2.75, 3.05) is 0 Å². The average Bonchev–Trinajstić information content (AvgIpc) is 2.62. The highest BCUT2D eigenvalue weighted by molar-refractivity contribution is 8.20. The molecule has 0 aliphatic rings. The van der Waals surface area contributed by atoms with Crippen LogP contribution in [0.3, 0.4) is 0 Å². The van der Waals surface area contributed by atoms with Gasteiger partial charge in [0.1, 0.15) is 12.0 Å². The molecule has 0 aliphatic carbocycles. The van der Waals surface area contributed by atoms with Crippen molar-refractivity contribution in [3.63, 3.8) is 0 Å². The van der Waals surface area contributed by atoms with E-state index in [1.54, 1.807) is 0 Å². The summed E-state index contributed by atoms with van der Waals surface area (Å²) in [7, 11) is 0. The Morgan fingerprint density at radius 1 is 1.50 bits per heavy atom. The van der Waals surface area contributed by atoms with Crippen molar-refractivity contribution in [2.24, 2.45) is 0 Å². The summed E-state index contributed by atoms with van der Waals surface area (Å²) in [6, 6.07) is 1.85. The van der Waals surface area contributed by atoms with Crippen molar-refractivity contribution in [1.29, 1.82) is 0 Å². The summed E-state index contributed by atoms with van der Waals surface area (Å²) in [5.74, 6) is -1.66. The molecule has 0 amide bonds. The predicted molar refractivity (Wildman–Crippen MR) is 70.2 cm³/mol. The first-order valence-corrected chi connectivity index (χ1v) is 6.22. The molecular weight excluding hydrogens is 276 g/mol. The van der Waals surface area contributed by atoms with E-state index >= 15 is 0 Å². The molecule has 1 N–H and O–H groups in total. The Balaban J connectivity index is 2.44. The predicted octanol–water partition coefficient (Wildman–Crippen LogP) is 1.69. The Kier molecular flexibility index (Phi) is 5.29. The summed E-state index contributed by atoms with van der Waals surface area (Å²) in [4.78, 5) is 21.4. The number of rotatable bonds is 3. The standard InChI is InChI=1S/C10H12N2O4S2/c1-6-5-7(2)12(11-6)10(17)18-16-9(15)4-3-8(13)14/h5H,3-4H2,1-2H3,(H,13,14). The van der Waals surface area contributed by atoms with Gasteiger partial charge >= 0.3 is 11.9 Å². The fraction of sp³-hybridized carbons (Fsp3) is 0.400. The SMILES string of the molecule is Cc1cc(C)n(C(=S)SOC(=O)CCC(=O)O)n1. The van der Waals surface area contributed by atoms with Gasteiger partial charge in [0.2, 0.25) is 4.32 Å². The highest BCUT2D eigenvalue weighted by Gasteiger charge is 2.12. The number of aromatic nitrogens is 2. The summed E-state index contributed by atoms with van der Waals surface area (Å²) in [6.45, 7) is 3.66. The Morgan fingerprint density at radius 3 is 2.67 bits per heavy atom. The molecule has 1 aromatic heterocycles. The van der Waals surface area contributed by atoms with Crippen LogP contribution in [0.15, 0.2) is 6.07 Å². The molecule has 0 fully saturated rings. The minimum atomic E-state index is -1.04. The molecule has 0 bridgehead atoms. The monoisotopic (exact) mass is 288 g/mol. The molecule has 0 saturated heterocycles. The second kappa shape index (κ2) is 6.50. The summed E-state index contributed by atoms with van der Waals surface area (Å²) in [5, 5.41) is 12.5. The molecule has 0 spiro atoms. The third kappa shape index (κ3) is 4.46. The van der Waals surface area contributed by atoms with Gasteiger partial charge in [-0.2, -0.15) is 5.10 Å². The second-order valence-electron chi connectivity index (χ2n) is 3.54. The van der Waals surface area contributed by atoms with Crippen LogP contribution in [-0.4, -0.2) is 31.1 Å². The minimum Gasteiger partial charge on any atom is -0.481 e. The first-order valence-electron chi connectivity index (χ1n) is 5.07. The molecule has 8 heteroatoms. The highest BCUT2D eigenvalue weighted by atomic mass is 32.2. The molecule has 0 radical (unpaired) electrons. The molecule has 1 aromatic rings. The number of aliphatic carboxylic acids is 1. The van der Waals surface area contributed by atoms with Gasteiger partial charge in [-0.1, -0.05) is 0 Å². The van der Waals surface area contributed by atoms with Crippen LogP contribution in [-0.2, 0) is 13.8 Å². The molecule has 18 heavy (non-hydrogen) atoms. The van der Waals surface area contributed by atoms with E-state index in [2.05, 4.69) is 5.10 Å². The fourth-order valence-corrected chi connectivity index (χ4v) is 1.97. The smallest absolute Gasteiger partial charge is 0.318 e. The lowest BCUT2D eigenvalue weighted by atomic mass is 10.3. The van der Waals surface area contributed by atoms with Crippen LogP contribution in [0.25, 0.3) is 0 Å². The zero-order valence-corrected chi connectivity index (χ0v) is 11.5. The topological polar surface area (TPSA) is 81.4 Å². The van der Waals surface area contributed by atoms with E-state index in [1.165, 1.54) is 4.68 Å². The van der Waals surface area contributed by atoms with E-state index in [0.29, 0.717) is 12.0 Å². The number of hydrogen-bond donors (Lipinski definition) is 1. The van der Waals surface area contributed by atoms with Crippen LogP contribution in [0.1, 0.15) is 24.2 Å². The van der Waals surface area contributed by atoms with E-state index in [9.17, 15) is 9.59 Å². The van der Waals surface area contributed by atoms with E-state index in [-0.39, 0.29) is 17.2 Å². The quantitative estimate of drug-likeness (QED) is 0.669. The number of nitrogens with zero attached hydrogens (tertiary/aromatic N) is 2. The number of carbonyl (C=O) groups is 2. The number of carboxylic acids is 1. The maximum atomic E-state index is 11.2. The zero-order chi connectivity index (χ0) is 13.7. The molecule has 0 unspecified atom stereocenters. The van der Waals surface area contributed by atoms with Crippen LogP contribution < -0.4 is 0 Å². The van der Waals surface area contributed by atoms with Crippen LogP contribution in [0.2, 0.25) is 0 Å². The number of carboxylic acid groups (broad SMARTS) is 1. The van der Waals surface area contributed by atoms with Crippen LogP contribution >= 0.6 is 24.3 Å². The summed E-state index contributed by atoms with van der Waals surface area (Å²) in [5.41, 5.74) is 1.65. The minimum absolute atomic E-state index is 0.179. The average molecular weight is 288 g/mol. The van der Waals surface area contributed by atoms with Crippen molar-refractivity contribution >= 4 is 40.5 Å². The molecule has 6 nitrogen and oxygen atoms in total. The zero-order valence-electron chi connectivity index (χ0n) is 9.87. The maximum Gasteiger partial charge on any atom is 0.318 e. The lowest BCUT2D eigenvalue weighted by Crippen LogP contribution is -2.11. The van der Waals surface area contributed by atoms with Crippen molar-refractivity contribution in [2.45, 2.75) is 26.7 Å². The van der Waals surface area contributed by atoms with Crippen molar-refractivity contribution in [1.82, 2.24) is 9.78 Å². The third-order valence-corrected chi connectivity index (χ3v) is 2.89. The van der Waals surface area contributed by atoms with Crippen molar-refractivity contribution in [3.8, 4) is 0 Å². The van der Waals surface area contributed by atoms with Gasteiger partial charge in [-0.3, -0.25) is 9.59 Å². The normalized spacial score (nSPS) is 10.1. The van der Waals surface area contributed by atoms with Gasteiger partial charge in [-0.25, -0.2) is 4.68 Å². The van der Waals surface area contributed by atoms with Crippen LogP contribution in [0.4, 0.5) is 0 Å². The Hall–Kier alpha value is -1.41. The van der Waals surface area contributed by atoms with Gasteiger partial charge in [0.15, 0.2) is 0 Å². The first-order chi connectivity index (χ1) is 8.40. The molecule has 1 rings (SSSR count). The summed E-state index contributed by atoms with van der Waals surface area (Å²) < 4.78 is 6.55. The first kappa shape index (κ1) is 14.7. The van der Waals surface area contributed by atoms with Gasteiger partial charge in [-0.15, -0.1) is 0 Å². The third-order valence-electron chi connectivity index (χ3n) is 1.93. The van der Waals surface area contributed by atoms with E-state index < -0.39 is 11.9 Å². The van der Waals surface area contributed by atoms with Gasteiger partial charge in [0.05, 0.1) is 18.5 Å². The number of carbonyl (C=O) groups excluding carboxylic acids is 1. The van der Waals surface area contributed by atoms with E-state index in [1.807, 2.05) is 19.9 Å². The molecular formula is C10H12N2O4S2. The molecule has 0 atom stereocenters. The maximum absolute atomic E-state index is 11.2. The molecule has 98 valence electrons. The molecule has 0 saturated carbocycles. The lowest BCUT2D eigenvalue weighted by Gasteiger charge is -2.04. The Bertz CT molecular complexity index is 484. The van der Waals surface area contributed by atoms with Crippen LogP contribution in [0.5, 0.6) is 0 Å². The van der Waals surface area contributed by atoms with Gasteiger partial charge < -0.3 is 9.29 Å². The van der Waals surface area contributed by atoms with Gasteiger partial charge in [0.25, 0.3) is 0 Å². The van der Waals surface area contributed by atoms with Crippen molar-refractivity contribution < 1.29 is 18.9 Å². The molecule has 0 aliphatic heterocycles. The second-order valence-corrected chi connectivity index (χ2v) is 4.90. The largest absolute Gasteiger partial charge is 0.481 e. The van der Waals surface area contributed by atoms with Crippen molar-refractivity contribution in [3.05, 3.63) is 17.5 Å². The number of hydrogen-bond acceptors (Lipinski definition) is 6. The van der Waals surface area contributed by atoms with E-state index in [0.717, 1.165) is 11.4 Å². The summed E-state index contributed by atoms with van der Waals surface area (Å²) >= 11 is 5.75. The van der Waals surface area contributed by atoms with Crippen LogP contribution in [0, 0.1) is 13.8 Å². The highest BCUT2D eigenvalue weighted by Crippen LogP contribution is 2.13. The van der Waals surface area contributed by atoms with Gasteiger partial charge in [0, 0.05) is 5.69 Å². The number of aryl methyl sites for hydroxylation is 2. The Morgan fingerprint density at radius 2 is 2.17 bits per heavy atom.